The lowest BCUT2D eigenvalue weighted by Crippen LogP contribution is -2.40. The van der Waals surface area contributed by atoms with Crippen molar-refractivity contribution < 1.29 is 4.79 Å². The van der Waals surface area contributed by atoms with Crippen molar-refractivity contribution in [2.24, 2.45) is 0 Å². The van der Waals surface area contributed by atoms with Crippen molar-refractivity contribution in [2.45, 2.75) is 65.6 Å². The van der Waals surface area contributed by atoms with Gasteiger partial charge >= 0.3 is 0 Å². The molecule has 130 valence electrons. The zero-order valence-electron chi connectivity index (χ0n) is 14.6. The number of hydrogen-bond donors (Lipinski definition) is 2. The summed E-state index contributed by atoms with van der Waals surface area (Å²) in [5.74, 6) is 1.87. The van der Waals surface area contributed by atoms with Gasteiger partial charge in [-0.05, 0) is 40.5 Å². The molecule has 2 aromatic rings. The van der Waals surface area contributed by atoms with Gasteiger partial charge in [-0.3, -0.25) is 10.1 Å². The molecule has 1 amide bonds. The fourth-order valence-corrected chi connectivity index (χ4v) is 3.73. The first kappa shape index (κ1) is 17.0. The average Bonchev–Trinajstić information content (AvgIpc) is 3.11. The van der Waals surface area contributed by atoms with E-state index >= 15 is 0 Å². The van der Waals surface area contributed by atoms with Crippen LogP contribution < -0.4 is 10.6 Å². The van der Waals surface area contributed by atoms with Crippen molar-refractivity contribution in [1.82, 2.24) is 25.1 Å². The molecule has 0 fully saturated rings. The number of fused-ring (bicyclic) bond motifs is 1. The van der Waals surface area contributed by atoms with Gasteiger partial charge in [-0.1, -0.05) is 0 Å². The smallest absolute Gasteiger partial charge is 0.243 e. The third-order valence-corrected chi connectivity index (χ3v) is 5.42. The quantitative estimate of drug-likeness (QED) is 0.866. The van der Waals surface area contributed by atoms with E-state index in [4.69, 9.17) is 0 Å². The molecule has 7 nitrogen and oxygen atoms in total. The molecule has 2 aromatic heterocycles. The predicted molar refractivity (Wildman–Crippen MR) is 94.2 cm³/mol. The van der Waals surface area contributed by atoms with Gasteiger partial charge in [0.25, 0.3) is 0 Å². The molecular formula is C16H24N6OS. The van der Waals surface area contributed by atoms with Crippen LogP contribution in [0.2, 0.25) is 0 Å². The Hall–Kier alpha value is -1.80. The highest BCUT2D eigenvalue weighted by atomic mass is 32.1. The highest BCUT2D eigenvalue weighted by molar-refractivity contribution is 7.15. The minimum atomic E-state index is -0.346. The van der Waals surface area contributed by atoms with Crippen LogP contribution in [0.25, 0.3) is 0 Å². The van der Waals surface area contributed by atoms with Crippen molar-refractivity contribution in [3.05, 3.63) is 22.2 Å². The van der Waals surface area contributed by atoms with Gasteiger partial charge in [0, 0.05) is 17.8 Å². The first-order chi connectivity index (χ1) is 11.5. The van der Waals surface area contributed by atoms with Crippen LogP contribution in [-0.2, 0) is 17.8 Å². The van der Waals surface area contributed by atoms with E-state index in [1.54, 1.807) is 0 Å². The number of nitrogens with zero attached hydrogens (tertiary/aromatic N) is 4. The molecule has 2 atom stereocenters. The fraction of sp³-hybridized carbons (Fsp3) is 0.625. The van der Waals surface area contributed by atoms with Crippen LogP contribution >= 0.6 is 11.3 Å². The van der Waals surface area contributed by atoms with Gasteiger partial charge in [0.2, 0.25) is 5.91 Å². The van der Waals surface area contributed by atoms with Crippen molar-refractivity contribution in [3.63, 3.8) is 0 Å². The number of thiazole rings is 1. The highest BCUT2D eigenvalue weighted by Crippen LogP contribution is 2.22. The number of rotatable bonds is 5. The van der Waals surface area contributed by atoms with Crippen molar-refractivity contribution in [2.75, 3.05) is 5.32 Å². The molecule has 0 aliphatic carbocycles. The predicted octanol–water partition coefficient (Wildman–Crippen LogP) is 2.37. The molecule has 3 rings (SSSR count). The Kier molecular flexibility index (Phi) is 4.96. The molecule has 0 spiro atoms. The molecule has 0 radical (unpaired) electrons. The lowest BCUT2D eigenvalue weighted by molar-refractivity contribution is -0.118. The third-order valence-electron chi connectivity index (χ3n) is 4.43. The van der Waals surface area contributed by atoms with E-state index in [1.807, 2.05) is 27.7 Å². The SMILES string of the molecule is Cc1nc(NC(=O)C(C)NC(C)c2nnc3n2CCCC3)sc1C. The number of nitrogens with one attached hydrogen (secondary N) is 2. The Balaban J connectivity index is 1.62. The zero-order valence-corrected chi connectivity index (χ0v) is 15.4. The maximum absolute atomic E-state index is 12.4. The van der Waals surface area contributed by atoms with Gasteiger partial charge in [-0.25, -0.2) is 4.98 Å². The molecule has 2 N–H and O–H groups in total. The molecular weight excluding hydrogens is 324 g/mol. The molecule has 24 heavy (non-hydrogen) atoms. The van der Waals surface area contributed by atoms with E-state index in [1.165, 1.54) is 17.8 Å². The molecule has 8 heteroatoms. The summed E-state index contributed by atoms with van der Waals surface area (Å²) in [6.07, 6.45) is 3.31. The van der Waals surface area contributed by atoms with Gasteiger partial charge < -0.3 is 9.88 Å². The Labute approximate surface area is 145 Å². The number of carbonyl (C=O) groups excluding carboxylic acids is 1. The van der Waals surface area contributed by atoms with Gasteiger partial charge in [0.1, 0.15) is 11.6 Å². The van der Waals surface area contributed by atoms with E-state index in [2.05, 4.69) is 30.4 Å². The Bertz CT molecular complexity index is 718. The summed E-state index contributed by atoms with van der Waals surface area (Å²) in [6, 6.07) is -0.383. The summed E-state index contributed by atoms with van der Waals surface area (Å²) in [5.41, 5.74) is 0.958. The van der Waals surface area contributed by atoms with Gasteiger partial charge in [-0.15, -0.1) is 21.5 Å². The standard InChI is InChI=1S/C16H24N6OS/c1-9-12(4)24-16(18-9)19-15(23)11(3)17-10(2)14-21-20-13-7-5-6-8-22(13)14/h10-11,17H,5-8H2,1-4H3,(H,18,19,23). The number of hydrogen-bond acceptors (Lipinski definition) is 6. The number of anilines is 1. The van der Waals surface area contributed by atoms with Crippen LogP contribution in [0.5, 0.6) is 0 Å². The molecule has 1 aliphatic heterocycles. The fourth-order valence-electron chi connectivity index (χ4n) is 2.92. The van der Waals surface area contributed by atoms with E-state index in [0.717, 1.165) is 41.6 Å². The molecule has 0 saturated carbocycles. The first-order valence-corrected chi connectivity index (χ1v) is 9.20. The maximum atomic E-state index is 12.4. The third kappa shape index (κ3) is 3.49. The molecule has 0 bridgehead atoms. The van der Waals surface area contributed by atoms with Gasteiger partial charge in [0.15, 0.2) is 5.13 Å². The van der Waals surface area contributed by atoms with Crippen molar-refractivity contribution in [1.29, 1.82) is 0 Å². The first-order valence-electron chi connectivity index (χ1n) is 8.38. The van der Waals surface area contributed by atoms with Gasteiger partial charge in [0.05, 0.1) is 17.8 Å². The normalized spacial score (nSPS) is 16.5. The second-order valence-corrected chi connectivity index (χ2v) is 7.55. The minimum absolute atomic E-state index is 0.0372. The Morgan fingerprint density at radius 2 is 2.04 bits per heavy atom. The lowest BCUT2D eigenvalue weighted by atomic mass is 10.1. The summed E-state index contributed by atoms with van der Waals surface area (Å²) >= 11 is 1.50. The molecule has 3 heterocycles. The number of amides is 1. The minimum Gasteiger partial charge on any atom is -0.314 e. The van der Waals surface area contributed by atoms with E-state index < -0.39 is 0 Å². The summed E-state index contributed by atoms with van der Waals surface area (Å²) in [6.45, 7) is 8.78. The van der Waals surface area contributed by atoms with Crippen molar-refractivity contribution >= 4 is 22.4 Å². The number of aryl methyl sites for hydroxylation is 3. The van der Waals surface area contributed by atoms with E-state index in [-0.39, 0.29) is 18.0 Å². The van der Waals surface area contributed by atoms with Crippen LogP contribution in [0.3, 0.4) is 0 Å². The van der Waals surface area contributed by atoms with E-state index in [0.29, 0.717) is 5.13 Å². The average molecular weight is 348 g/mol. The topological polar surface area (TPSA) is 84.7 Å². The largest absolute Gasteiger partial charge is 0.314 e. The molecule has 0 saturated heterocycles. The summed E-state index contributed by atoms with van der Waals surface area (Å²) in [5, 5.41) is 15.4. The second kappa shape index (κ2) is 6.98. The van der Waals surface area contributed by atoms with Crippen molar-refractivity contribution in [3.8, 4) is 0 Å². The Morgan fingerprint density at radius 3 is 2.75 bits per heavy atom. The Morgan fingerprint density at radius 1 is 1.25 bits per heavy atom. The molecule has 1 aliphatic rings. The monoisotopic (exact) mass is 348 g/mol. The van der Waals surface area contributed by atoms with E-state index in [9.17, 15) is 4.79 Å². The van der Waals surface area contributed by atoms with Crippen LogP contribution in [-0.4, -0.2) is 31.7 Å². The zero-order chi connectivity index (χ0) is 17.3. The maximum Gasteiger partial charge on any atom is 0.243 e. The molecule has 0 aromatic carbocycles. The second-order valence-electron chi connectivity index (χ2n) is 6.34. The van der Waals surface area contributed by atoms with Crippen LogP contribution in [0, 0.1) is 13.8 Å². The number of carbonyl (C=O) groups is 1. The van der Waals surface area contributed by atoms with Crippen LogP contribution in [0.15, 0.2) is 0 Å². The van der Waals surface area contributed by atoms with Crippen LogP contribution in [0.4, 0.5) is 5.13 Å². The number of aromatic nitrogens is 4. The van der Waals surface area contributed by atoms with Crippen LogP contribution in [0.1, 0.15) is 55.0 Å². The summed E-state index contributed by atoms with van der Waals surface area (Å²) < 4.78 is 2.18. The molecule has 2 unspecified atom stereocenters. The van der Waals surface area contributed by atoms with Gasteiger partial charge in [-0.2, -0.15) is 0 Å². The summed E-state index contributed by atoms with van der Waals surface area (Å²) in [4.78, 5) is 17.8. The summed E-state index contributed by atoms with van der Waals surface area (Å²) in [7, 11) is 0. The lowest BCUT2D eigenvalue weighted by Gasteiger charge is -2.21. The highest BCUT2D eigenvalue weighted by Gasteiger charge is 2.23.